The molecular weight excluding hydrogens is 216 g/mol. The molecule has 6 unspecified atom stereocenters. The summed E-state index contributed by atoms with van der Waals surface area (Å²) < 4.78 is 0. The van der Waals surface area contributed by atoms with E-state index in [0.717, 1.165) is 35.5 Å². The molecule has 0 heterocycles. The molecule has 4 bridgehead atoms. The lowest BCUT2D eigenvalue weighted by Crippen LogP contribution is -2.22. The van der Waals surface area contributed by atoms with E-state index in [9.17, 15) is 0 Å². The summed E-state index contributed by atoms with van der Waals surface area (Å²) >= 11 is 0. The average Bonchev–Trinajstić information content (AvgIpc) is 3.22. The summed E-state index contributed by atoms with van der Waals surface area (Å²) in [4.78, 5) is 0. The van der Waals surface area contributed by atoms with Gasteiger partial charge in [0.05, 0.1) is 0 Å². The second-order valence-corrected chi connectivity index (χ2v) is 5.89. The molecule has 102 valence electrons. The lowest BCUT2D eigenvalue weighted by molar-refractivity contribution is 0.249. The largest absolute Gasteiger partial charge is 0.0851 e. The number of allylic oxidation sites excluding steroid dienone is 4. The Morgan fingerprint density at radius 3 is 1.17 bits per heavy atom. The Morgan fingerprint density at radius 1 is 0.556 bits per heavy atom. The standard InChI is InChI=1S/C14H18.2C2H6/c1-3-11-5-9(1)7-13(11)14-8-10-2-4-12(14)6-10;2*1-2/h1-4,9-14H,5-8H2;2*1-2H3. The maximum atomic E-state index is 2.52. The van der Waals surface area contributed by atoms with Crippen molar-refractivity contribution in [3.05, 3.63) is 24.3 Å². The number of fused-ring (bicyclic) bond motifs is 4. The van der Waals surface area contributed by atoms with E-state index in [0.29, 0.717) is 0 Å². The van der Waals surface area contributed by atoms with Crippen molar-refractivity contribution in [2.45, 2.75) is 53.4 Å². The molecule has 2 saturated carbocycles. The van der Waals surface area contributed by atoms with Gasteiger partial charge >= 0.3 is 0 Å². The van der Waals surface area contributed by atoms with Gasteiger partial charge < -0.3 is 0 Å². The highest BCUT2D eigenvalue weighted by atomic mass is 14.5. The van der Waals surface area contributed by atoms with Crippen LogP contribution >= 0.6 is 0 Å². The summed E-state index contributed by atoms with van der Waals surface area (Å²) in [6.07, 6.45) is 16.0. The van der Waals surface area contributed by atoms with E-state index in [1.165, 1.54) is 25.7 Å². The molecule has 4 aliphatic rings. The molecule has 0 radical (unpaired) electrons. The Bertz CT molecular complexity index is 280. The van der Waals surface area contributed by atoms with Gasteiger partial charge in [-0.3, -0.25) is 0 Å². The Morgan fingerprint density at radius 2 is 0.944 bits per heavy atom. The van der Waals surface area contributed by atoms with E-state index in [4.69, 9.17) is 0 Å². The minimum atomic E-state index is 0.966. The van der Waals surface area contributed by atoms with Crippen LogP contribution in [0.1, 0.15) is 53.4 Å². The molecule has 6 atom stereocenters. The first-order valence-corrected chi connectivity index (χ1v) is 8.27. The summed E-state index contributed by atoms with van der Waals surface area (Å²) in [6, 6.07) is 0. The molecule has 0 amide bonds. The van der Waals surface area contributed by atoms with Gasteiger partial charge in [0.1, 0.15) is 0 Å². The molecule has 0 aliphatic heterocycles. The van der Waals surface area contributed by atoms with Crippen molar-refractivity contribution >= 4 is 0 Å². The molecular formula is C18H30. The highest BCUT2D eigenvalue weighted by Gasteiger charge is 2.46. The highest BCUT2D eigenvalue weighted by molar-refractivity contribution is 5.17. The molecule has 4 aliphatic carbocycles. The van der Waals surface area contributed by atoms with Crippen molar-refractivity contribution in [2.75, 3.05) is 0 Å². The fourth-order valence-corrected chi connectivity index (χ4v) is 4.63. The Kier molecular flexibility index (Phi) is 4.70. The Balaban J connectivity index is 0.000000277. The predicted octanol–water partition coefficient (Wildman–Crippen LogP) is 5.46. The van der Waals surface area contributed by atoms with Gasteiger partial charge in [0.2, 0.25) is 0 Å². The molecule has 0 aromatic heterocycles. The van der Waals surface area contributed by atoms with Crippen LogP contribution in [-0.2, 0) is 0 Å². The summed E-state index contributed by atoms with van der Waals surface area (Å²) in [7, 11) is 0. The van der Waals surface area contributed by atoms with Gasteiger partial charge in [-0.05, 0) is 61.2 Å². The minimum Gasteiger partial charge on any atom is -0.0851 e. The monoisotopic (exact) mass is 246 g/mol. The van der Waals surface area contributed by atoms with E-state index < -0.39 is 0 Å². The lowest BCUT2D eigenvalue weighted by atomic mass is 9.75. The zero-order chi connectivity index (χ0) is 13.1. The fraction of sp³-hybridized carbons (Fsp3) is 0.778. The Hall–Kier alpha value is -0.520. The quantitative estimate of drug-likeness (QED) is 0.539. The molecule has 18 heavy (non-hydrogen) atoms. The molecule has 0 N–H and O–H groups in total. The Labute approximate surface area is 114 Å². The molecule has 0 heteroatoms. The van der Waals surface area contributed by atoms with Crippen molar-refractivity contribution in [1.29, 1.82) is 0 Å². The first-order chi connectivity index (χ1) is 8.90. The zero-order valence-corrected chi connectivity index (χ0v) is 12.6. The number of hydrogen-bond acceptors (Lipinski definition) is 0. The summed E-state index contributed by atoms with van der Waals surface area (Å²) in [5.74, 6) is 5.99. The summed E-state index contributed by atoms with van der Waals surface area (Å²) in [5.41, 5.74) is 0. The van der Waals surface area contributed by atoms with Crippen LogP contribution in [0.15, 0.2) is 24.3 Å². The van der Waals surface area contributed by atoms with Gasteiger partial charge in [-0.25, -0.2) is 0 Å². The zero-order valence-electron chi connectivity index (χ0n) is 12.6. The van der Waals surface area contributed by atoms with E-state index in [-0.39, 0.29) is 0 Å². The SMILES string of the molecule is C1=CC2CC1CC2C1CC2C=CC1C2.CC.CC. The third-order valence-electron chi connectivity index (χ3n) is 5.21. The van der Waals surface area contributed by atoms with Crippen LogP contribution in [-0.4, -0.2) is 0 Å². The molecule has 0 nitrogen and oxygen atoms in total. The smallest absolute Gasteiger partial charge is 0.0196 e. The summed E-state index contributed by atoms with van der Waals surface area (Å²) in [6.45, 7) is 8.00. The van der Waals surface area contributed by atoms with Gasteiger partial charge in [-0.1, -0.05) is 52.0 Å². The minimum absolute atomic E-state index is 0.966. The van der Waals surface area contributed by atoms with Crippen molar-refractivity contribution in [3.8, 4) is 0 Å². The van der Waals surface area contributed by atoms with Gasteiger partial charge in [0.25, 0.3) is 0 Å². The number of rotatable bonds is 1. The van der Waals surface area contributed by atoms with Crippen LogP contribution in [0, 0.1) is 35.5 Å². The van der Waals surface area contributed by atoms with Crippen molar-refractivity contribution in [1.82, 2.24) is 0 Å². The summed E-state index contributed by atoms with van der Waals surface area (Å²) in [5, 5.41) is 0. The van der Waals surface area contributed by atoms with Crippen LogP contribution < -0.4 is 0 Å². The van der Waals surface area contributed by atoms with Crippen molar-refractivity contribution < 1.29 is 0 Å². The molecule has 0 aromatic rings. The maximum Gasteiger partial charge on any atom is -0.0196 e. The van der Waals surface area contributed by atoms with E-state index in [1.807, 2.05) is 27.7 Å². The third kappa shape index (κ3) is 2.31. The van der Waals surface area contributed by atoms with Gasteiger partial charge in [-0.2, -0.15) is 0 Å². The molecule has 4 rings (SSSR count). The first-order valence-electron chi connectivity index (χ1n) is 8.27. The van der Waals surface area contributed by atoms with Crippen LogP contribution in [0.2, 0.25) is 0 Å². The van der Waals surface area contributed by atoms with E-state index in [1.54, 1.807) is 0 Å². The van der Waals surface area contributed by atoms with Crippen molar-refractivity contribution in [2.24, 2.45) is 35.5 Å². The average molecular weight is 246 g/mol. The normalized spacial score (nSPS) is 45.6. The second kappa shape index (κ2) is 6.08. The third-order valence-corrected chi connectivity index (χ3v) is 5.21. The molecule has 2 fully saturated rings. The second-order valence-electron chi connectivity index (χ2n) is 5.89. The fourth-order valence-electron chi connectivity index (χ4n) is 4.63. The maximum absolute atomic E-state index is 2.52. The molecule has 0 spiro atoms. The van der Waals surface area contributed by atoms with E-state index in [2.05, 4.69) is 24.3 Å². The van der Waals surface area contributed by atoms with Crippen LogP contribution in [0.3, 0.4) is 0 Å². The highest BCUT2D eigenvalue weighted by Crippen LogP contribution is 2.55. The van der Waals surface area contributed by atoms with Crippen molar-refractivity contribution in [3.63, 3.8) is 0 Å². The van der Waals surface area contributed by atoms with Crippen LogP contribution in [0.25, 0.3) is 0 Å². The van der Waals surface area contributed by atoms with Crippen LogP contribution in [0.4, 0.5) is 0 Å². The van der Waals surface area contributed by atoms with Gasteiger partial charge in [-0.15, -0.1) is 0 Å². The van der Waals surface area contributed by atoms with Gasteiger partial charge in [0, 0.05) is 0 Å². The van der Waals surface area contributed by atoms with Crippen LogP contribution in [0.5, 0.6) is 0 Å². The lowest BCUT2D eigenvalue weighted by Gasteiger charge is -2.29. The molecule has 0 aromatic carbocycles. The first kappa shape index (κ1) is 13.9. The number of hydrogen-bond donors (Lipinski definition) is 0. The predicted molar refractivity (Wildman–Crippen MR) is 80.4 cm³/mol. The topological polar surface area (TPSA) is 0 Å². The van der Waals surface area contributed by atoms with Gasteiger partial charge in [0.15, 0.2) is 0 Å². The molecule has 0 saturated heterocycles. The van der Waals surface area contributed by atoms with E-state index >= 15 is 0 Å².